The third kappa shape index (κ3) is 3.13. The van der Waals surface area contributed by atoms with Gasteiger partial charge >= 0.3 is 0 Å². The van der Waals surface area contributed by atoms with E-state index >= 15 is 0 Å². The molecule has 0 saturated carbocycles. The number of anilines is 1. The smallest absolute Gasteiger partial charge is 0.221 e. The van der Waals surface area contributed by atoms with Crippen molar-refractivity contribution in [1.82, 2.24) is 5.16 Å². The quantitative estimate of drug-likeness (QED) is 0.859. The maximum absolute atomic E-state index is 11.0. The van der Waals surface area contributed by atoms with Crippen molar-refractivity contribution in [2.24, 2.45) is 5.73 Å². The molecular weight excluding hydrogens is 242 g/mol. The zero-order valence-electron chi connectivity index (χ0n) is 11.1. The van der Waals surface area contributed by atoms with Crippen LogP contribution in [0.4, 0.5) is 5.69 Å². The second-order valence-corrected chi connectivity index (χ2v) is 4.46. The summed E-state index contributed by atoms with van der Waals surface area (Å²) in [5, 5.41) is 7.21. The van der Waals surface area contributed by atoms with Gasteiger partial charge in [-0.15, -0.1) is 0 Å². The van der Waals surface area contributed by atoms with Crippen LogP contribution in [0.15, 0.2) is 28.8 Å². The van der Waals surface area contributed by atoms with Crippen LogP contribution in [0.5, 0.6) is 0 Å². The number of carbonyl (C=O) groups is 1. The van der Waals surface area contributed by atoms with E-state index in [0.29, 0.717) is 6.54 Å². The van der Waals surface area contributed by atoms with Gasteiger partial charge in [-0.3, -0.25) is 4.79 Å². The molecule has 19 heavy (non-hydrogen) atoms. The molecule has 2 rings (SSSR count). The lowest BCUT2D eigenvalue weighted by atomic mass is 10.1. The fraction of sp³-hybridized carbons (Fsp3) is 0.286. The first-order chi connectivity index (χ1) is 9.08. The van der Waals surface area contributed by atoms with Crippen LogP contribution in [0.1, 0.15) is 22.6 Å². The van der Waals surface area contributed by atoms with Gasteiger partial charge in [0.25, 0.3) is 0 Å². The van der Waals surface area contributed by atoms with Crippen molar-refractivity contribution in [3.63, 3.8) is 0 Å². The summed E-state index contributed by atoms with van der Waals surface area (Å²) in [6.45, 7) is 4.39. The van der Waals surface area contributed by atoms with Gasteiger partial charge in [-0.1, -0.05) is 23.4 Å². The van der Waals surface area contributed by atoms with Crippen molar-refractivity contribution in [3.05, 3.63) is 46.8 Å². The molecule has 1 heterocycles. The topological polar surface area (TPSA) is 81.2 Å². The molecule has 5 nitrogen and oxygen atoms in total. The molecule has 0 atom stereocenters. The summed E-state index contributed by atoms with van der Waals surface area (Å²) in [7, 11) is 0. The molecule has 0 unspecified atom stereocenters. The van der Waals surface area contributed by atoms with Gasteiger partial charge in [-0.2, -0.15) is 0 Å². The van der Waals surface area contributed by atoms with E-state index < -0.39 is 0 Å². The minimum atomic E-state index is -0.341. The molecule has 1 amide bonds. The first-order valence-corrected chi connectivity index (χ1v) is 6.09. The number of para-hydroxylation sites is 1. The highest BCUT2D eigenvalue weighted by Crippen LogP contribution is 2.19. The normalized spacial score (nSPS) is 10.4. The lowest BCUT2D eigenvalue weighted by molar-refractivity contribution is -0.117. The standard InChI is InChI=1S/C14H17N3O2/c1-9-12(10(2)19-17-9)8-16-13-6-4-3-5-11(13)7-14(15)18/h3-6,16H,7-8H2,1-2H3,(H2,15,18). The Morgan fingerprint density at radius 1 is 1.37 bits per heavy atom. The van der Waals surface area contributed by atoms with Gasteiger partial charge in [-0.25, -0.2) is 0 Å². The van der Waals surface area contributed by atoms with Gasteiger partial charge in [0.2, 0.25) is 5.91 Å². The summed E-state index contributed by atoms with van der Waals surface area (Å²) in [6.07, 6.45) is 0.227. The first-order valence-electron chi connectivity index (χ1n) is 6.09. The largest absolute Gasteiger partial charge is 0.381 e. The van der Waals surface area contributed by atoms with E-state index in [4.69, 9.17) is 10.3 Å². The zero-order chi connectivity index (χ0) is 13.8. The summed E-state index contributed by atoms with van der Waals surface area (Å²) in [6, 6.07) is 7.62. The van der Waals surface area contributed by atoms with Gasteiger partial charge in [0.1, 0.15) is 5.76 Å². The highest BCUT2D eigenvalue weighted by Gasteiger charge is 2.10. The van der Waals surface area contributed by atoms with Gasteiger partial charge in [0, 0.05) is 17.8 Å². The summed E-state index contributed by atoms with van der Waals surface area (Å²) in [5.74, 6) is 0.462. The number of benzene rings is 1. The molecule has 5 heteroatoms. The Labute approximate surface area is 111 Å². The van der Waals surface area contributed by atoms with Crippen LogP contribution in [-0.2, 0) is 17.8 Å². The van der Waals surface area contributed by atoms with E-state index in [1.807, 2.05) is 38.1 Å². The second kappa shape index (κ2) is 5.56. The van der Waals surface area contributed by atoms with Crippen molar-refractivity contribution in [3.8, 4) is 0 Å². The maximum Gasteiger partial charge on any atom is 0.221 e. The monoisotopic (exact) mass is 259 g/mol. The van der Waals surface area contributed by atoms with E-state index in [0.717, 1.165) is 28.3 Å². The van der Waals surface area contributed by atoms with Crippen molar-refractivity contribution in [2.45, 2.75) is 26.8 Å². The first kappa shape index (κ1) is 13.1. The Balaban J connectivity index is 2.13. The van der Waals surface area contributed by atoms with Gasteiger partial charge in [0.05, 0.1) is 12.1 Å². The average Bonchev–Trinajstić information content (AvgIpc) is 2.68. The van der Waals surface area contributed by atoms with Crippen molar-refractivity contribution in [1.29, 1.82) is 0 Å². The highest BCUT2D eigenvalue weighted by atomic mass is 16.5. The molecule has 2 aromatic rings. The molecule has 3 N–H and O–H groups in total. The van der Waals surface area contributed by atoms with Crippen LogP contribution in [0.3, 0.4) is 0 Å². The number of rotatable bonds is 5. The minimum absolute atomic E-state index is 0.227. The number of nitrogens with one attached hydrogen (secondary N) is 1. The Kier molecular flexibility index (Phi) is 3.85. The van der Waals surface area contributed by atoms with Crippen molar-refractivity contribution >= 4 is 11.6 Å². The fourth-order valence-corrected chi connectivity index (χ4v) is 1.97. The lowest BCUT2D eigenvalue weighted by Crippen LogP contribution is -2.15. The fourth-order valence-electron chi connectivity index (χ4n) is 1.97. The summed E-state index contributed by atoms with van der Waals surface area (Å²) in [5.41, 5.74) is 8.94. The SMILES string of the molecule is Cc1noc(C)c1CNc1ccccc1CC(N)=O. The summed E-state index contributed by atoms with van der Waals surface area (Å²) in [4.78, 5) is 11.0. The molecule has 0 spiro atoms. The number of amides is 1. The van der Waals surface area contributed by atoms with E-state index in [1.54, 1.807) is 0 Å². The maximum atomic E-state index is 11.0. The van der Waals surface area contributed by atoms with E-state index in [1.165, 1.54) is 0 Å². The number of nitrogens with two attached hydrogens (primary N) is 1. The number of hydrogen-bond donors (Lipinski definition) is 2. The average molecular weight is 259 g/mol. The molecule has 0 saturated heterocycles. The molecule has 0 aliphatic carbocycles. The van der Waals surface area contributed by atoms with Gasteiger partial charge in [0.15, 0.2) is 0 Å². The predicted molar refractivity (Wildman–Crippen MR) is 72.6 cm³/mol. The Hall–Kier alpha value is -2.30. The van der Waals surface area contributed by atoms with E-state index in [9.17, 15) is 4.79 Å². The number of aryl methyl sites for hydroxylation is 2. The molecular formula is C14H17N3O2. The number of aromatic nitrogens is 1. The number of primary amides is 1. The van der Waals surface area contributed by atoms with Crippen molar-refractivity contribution in [2.75, 3.05) is 5.32 Å². The lowest BCUT2D eigenvalue weighted by Gasteiger charge is -2.10. The van der Waals surface area contributed by atoms with Gasteiger partial charge in [-0.05, 0) is 25.5 Å². The molecule has 0 aliphatic rings. The van der Waals surface area contributed by atoms with Gasteiger partial charge < -0.3 is 15.6 Å². The molecule has 1 aromatic carbocycles. The van der Waals surface area contributed by atoms with Crippen LogP contribution >= 0.6 is 0 Å². The zero-order valence-corrected chi connectivity index (χ0v) is 11.1. The third-order valence-electron chi connectivity index (χ3n) is 3.02. The second-order valence-electron chi connectivity index (χ2n) is 4.46. The minimum Gasteiger partial charge on any atom is -0.381 e. The molecule has 1 aromatic heterocycles. The Morgan fingerprint density at radius 2 is 2.11 bits per heavy atom. The van der Waals surface area contributed by atoms with Crippen LogP contribution in [0.2, 0.25) is 0 Å². The van der Waals surface area contributed by atoms with E-state index in [-0.39, 0.29) is 12.3 Å². The van der Waals surface area contributed by atoms with Crippen molar-refractivity contribution < 1.29 is 9.32 Å². The summed E-state index contributed by atoms with van der Waals surface area (Å²) >= 11 is 0. The Bertz CT molecular complexity index is 571. The molecule has 0 bridgehead atoms. The third-order valence-corrected chi connectivity index (χ3v) is 3.02. The Morgan fingerprint density at radius 3 is 2.74 bits per heavy atom. The predicted octanol–water partition coefficient (Wildman–Crippen LogP) is 1.93. The number of nitrogens with zero attached hydrogens (tertiary/aromatic N) is 1. The highest BCUT2D eigenvalue weighted by molar-refractivity contribution is 5.78. The molecule has 0 aliphatic heterocycles. The van der Waals surface area contributed by atoms with Crippen LogP contribution in [-0.4, -0.2) is 11.1 Å². The van der Waals surface area contributed by atoms with Crippen LogP contribution in [0.25, 0.3) is 0 Å². The summed E-state index contributed by atoms with van der Waals surface area (Å²) < 4.78 is 5.11. The molecule has 0 fully saturated rings. The number of hydrogen-bond acceptors (Lipinski definition) is 4. The molecule has 100 valence electrons. The number of carbonyl (C=O) groups excluding carboxylic acids is 1. The molecule has 0 radical (unpaired) electrons. The van der Waals surface area contributed by atoms with Crippen LogP contribution in [0, 0.1) is 13.8 Å². The van der Waals surface area contributed by atoms with Crippen LogP contribution < -0.4 is 11.1 Å². The van der Waals surface area contributed by atoms with E-state index in [2.05, 4.69) is 10.5 Å².